The van der Waals surface area contributed by atoms with Crippen molar-refractivity contribution in [3.63, 3.8) is 0 Å². The molecule has 0 saturated heterocycles. The van der Waals surface area contributed by atoms with Gasteiger partial charge in [-0.05, 0) is 31.2 Å². The third kappa shape index (κ3) is 3.57. The molecule has 1 atom stereocenters. The van der Waals surface area contributed by atoms with Gasteiger partial charge in [0.15, 0.2) is 6.10 Å². The number of aliphatic hydroxyl groups is 1. The minimum atomic E-state index is -1.17. The van der Waals surface area contributed by atoms with Crippen LogP contribution < -0.4 is 5.32 Å². The van der Waals surface area contributed by atoms with Gasteiger partial charge in [-0.25, -0.2) is 0 Å². The topological polar surface area (TPSA) is 86.6 Å². The Morgan fingerprint density at radius 3 is 2.25 bits per heavy atom. The van der Waals surface area contributed by atoms with Crippen LogP contribution in [0.3, 0.4) is 0 Å². The minimum Gasteiger partial charge on any atom is -0.481 e. The SMILES string of the molecule is O=C(O)C1CCC(NC(=O)[C@H](O)c2ccccc2)CC1. The molecule has 2 rings (SSSR count). The van der Waals surface area contributed by atoms with E-state index in [1.807, 2.05) is 6.07 Å². The number of carboxylic acid groups (broad SMARTS) is 1. The van der Waals surface area contributed by atoms with Crippen LogP contribution in [0.25, 0.3) is 0 Å². The Morgan fingerprint density at radius 2 is 1.70 bits per heavy atom. The zero-order valence-corrected chi connectivity index (χ0v) is 11.2. The number of nitrogens with one attached hydrogen (secondary N) is 1. The number of carboxylic acids is 1. The summed E-state index contributed by atoms with van der Waals surface area (Å²) in [5, 5.41) is 21.7. The fourth-order valence-corrected chi connectivity index (χ4v) is 2.55. The third-order valence-corrected chi connectivity index (χ3v) is 3.79. The van der Waals surface area contributed by atoms with Crippen LogP contribution in [-0.2, 0) is 9.59 Å². The van der Waals surface area contributed by atoms with E-state index in [1.165, 1.54) is 0 Å². The summed E-state index contributed by atoms with van der Waals surface area (Å²) in [4.78, 5) is 22.8. The molecule has 108 valence electrons. The molecule has 1 fully saturated rings. The monoisotopic (exact) mass is 277 g/mol. The molecule has 0 heterocycles. The summed E-state index contributed by atoms with van der Waals surface area (Å²) in [5.41, 5.74) is 0.559. The van der Waals surface area contributed by atoms with Crippen LogP contribution in [0.15, 0.2) is 30.3 Å². The quantitative estimate of drug-likeness (QED) is 0.778. The lowest BCUT2D eigenvalue weighted by atomic mass is 9.86. The first kappa shape index (κ1) is 14.5. The van der Waals surface area contributed by atoms with Crippen molar-refractivity contribution in [1.82, 2.24) is 5.32 Å². The average molecular weight is 277 g/mol. The molecule has 1 aliphatic rings. The molecule has 5 heteroatoms. The van der Waals surface area contributed by atoms with Gasteiger partial charge >= 0.3 is 5.97 Å². The normalized spacial score (nSPS) is 23.9. The van der Waals surface area contributed by atoms with Gasteiger partial charge in [-0.15, -0.1) is 0 Å². The number of rotatable bonds is 4. The average Bonchev–Trinajstić information content (AvgIpc) is 2.48. The second-order valence-electron chi connectivity index (χ2n) is 5.21. The lowest BCUT2D eigenvalue weighted by Crippen LogP contribution is -2.41. The molecule has 0 spiro atoms. The van der Waals surface area contributed by atoms with Gasteiger partial charge in [0.2, 0.25) is 0 Å². The Morgan fingerprint density at radius 1 is 1.10 bits per heavy atom. The second kappa shape index (κ2) is 6.52. The zero-order chi connectivity index (χ0) is 14.5. The van der Waals surface area contributed by atoms with Crippen molar-refractivity contribution in [3.8, 4) is 0 Å². The maximum Gasteiger partial charge on any atom is 0.306 e. The number of amides is 1. The molecule has 1 saturated carbocycles. The van der Waals surface area contributed by atoms with Crippen LogP contribution in [0.2, 0.25) is 0 Å². The van der Waals surface area contributed by atoms with E-state index in [4.69, 9.17) is 5.11 Å². The van der Waals surface area contributed by atoms with Crippen LogP contribution in [-0.4, -0.2) is 28.1 Å². The Bertz CT molecular complexity index is 466. The molecule has 1 aromatic carbocycles. The summed E-state index contributed by atoms with van der Waals surface area (Å²) < 4.78 is 0. The van der Waals surface area contributed by atoms with Gasteiger partial charge < -0.3 is 15.5 Å². The highest BCUT2D eigenvalue weighted by atomic mass is 16.4. The van der Waals surface area contributed by atoms with E-state index in [0.717, 1.165) is 0 Å². The van der Waals surface area contributed by atoms with Gasteiger partial charge in [0.05, 0.1) is 5.92 Å². The van der Waals surface area contributed by atoms with Crippen molar-refractivity contribution in [2.24, 2.45) is 5.92 Å². The summed E-state index contributed by atoms with van der Waals surface area (Å²) >= 11 is 0. The van der Waals surface area contributed by atoms with Crippen molar-refractivity contribution in [2.45, 2.75) is 37.8 Å². The lowest BCUT2D eigenvalue weighted by Gasteiger charge is -2.27. The highest BCUT2D eigenvalue weighted by Crippen LogP contribution is 2.25. The molecule has 1 amide bonds. The predicted molar refractivity (Wildman–Crippen MR) is 72.9 cm³/mol. The van der Waals surface area contributed by atoms with Crippen LogP contribution in [0.5, 0.6) is 0 Å². The molecule has 0 bridgehead atoms. The second-order valence-corrected chi connectivity index (χ2v) is 5.21. The third-order valence-electron chi connectivity index (χ3n) is 3.79. The molecule has 3 N–H and O–H groups in total. The number of carbonyl (C=O) groups is 2. The van der Waals surface area contributed by atoms with E-state index in [9.17, 15) is 14.7 Å². The van der Waals surface area contributed by atoms with Gasteiger partial charge in [-0.1, -0.05) is 30.3 Å². The molecule has 20 heavy (non-hydrogen) atoms. The number of carbonyl (C=O) groups excluding carboxylic acids is 1. The summed E-state index contributed by atoms with van der Waals surface area (Å²) in [6, 6.07) is 8.71. The van der Waals surface area contributed by atoms with Gasteiger partial charge in [-0.3, -0.25) is 9.59 Å². The van der Waals surface area contributed by atoms with Gasteiger partial charge in [0.25, 0.3) is 5.91 Å². The smallest absolute Gasteiger partial charge is 0.306 e. The number of aliphatic carboxylic acids is 1. The number of benzene rings is 1. The first-order chi connectivity index (χ1) is 9.58. The van der Waals surface area contributed by atoms with Crippen LogP contribution >= 0.6 is 0 Å². The largest absolute Gasteiger partial charge is 0.481 e. The maximum atomic E-state index is 11.9. The van der Waals surface area contributed by atoms with Crippen LogP contribution in [0.1, 0.15) is 37.4 Å². The molecule has 0 unspecified atom stereocenters. The molecule has 1 aromatic rings. The summed E-state index contributed by atoms with van der Waals surface area (Å²) in [7, 11) is 0. The number of hydrogen-bond donors (Lipinski definition) is 3. The molecular formula is C15H19NO4. The van der Waals surface area contributed by atoms with E-state index >= 15 is 0 Å². The highest BCUT2D eigenvalue weighted by molar-refractivity contribution is 5.82. The highest BCUT2D eigenvalue weighted by Gasteiger charge is 2.28. The van der Waals surface area contributed by atoms with E-state index in [2.05, 4.69) is 5.32 Å². The summed E-state index contributed by atoms with van der Waals surface area (Å²) in [6.07, 6.45) is 1.26. The summed E-state index contributed by atoms with van der Waals surface area (Å²) in [6.45, 7) is 0. The Labute approximate surface area is 117 Å². The van der Waals surface area contributed by atoms with Crippen molar-refractivity contribution in [3.05, 3.63) is 35.9 Å². The molecule has 0 radical (unpaired) electrons. The number of hydrogen-bond acceptors (Lipinski definition) is 3. The van der Waals surface area contributed by atoms with Gasteiger partial charge in [0.1, 0.15) is 0 Å². The van der Waals surface area contributed by atoms with E-state index < -0.39 is 18.0 Å². The fraction of sp³-hybridized carbons (Fsp3) is 0.467. The van der Waals surface area contributed by atoms with E-state index in [-0.39, 0.29) is 12.0 Å². The van der Waals surface area contributed by atoms with Crippen molar-refractivity contribution < 1.29 is 19.8 Å². The predicted octanol–water partition coefficient (Wildman–Crippen LogP) is 1.48. The maximum absolute atomic E-state index is 11.9. The van der Waals surface area contributed by atoms with Crippen LogP contribution in [0, 0.1) is 5.92 Å². The first-order valence-electron chi connectivity index (χ1n) is 6.84. The molecule has 5 nitrogen and oxygen atoms in total. The Balaban J connectivity index is 1.85. The minimum absolute atomic E-state index is 0.0449. The summed E-state index contributed by atoms with van der Waals surface area (Å²) in [5.74, 6) is -1.49. The van der Waals surface area contributed by atoms with Gasteiger partial charge in [-0.2, -0.15) is 0 Å². The molecule has 1 aliphatic carbocycles. The standard InChI is InChI=1S/C15H19NO4/c17-13(10-4-2-1-3-5-10)14(18)16-12-8-6-11(7-9-12)15(19)20/h1-5,11-13,17H,6-9H2,(H,16,18)(H,19,20)/t11?,12?,13-/m1/s1. The van der Waals surface area contributed by atoms with Crippen molar-refractivity contribution in [1.29, 1.82) is 0 Å². The Hall–Kier alpha value is -1.88. The fourth-order valence-electron chi connectivity index (χ4n) is 2.55. The molecule has 0 aromatic heterocycles. The van der Waals surface area contributed by atoms with Gasteiger partial charge in [0, 0.05) is 6.04 Å². The Kier molecular flexibility index (Phi) is 4.74. The number of aliphatic hydroxyl groups excluding tert-OH is 1. The first-order valence-corrected chi connectivity index (χ1v) is 6.84. The van der Waals surface area contributed by atoms with Crippen molar-refractivity contribution in [2.75, 3.05) is 0 Å². The van der Waals surface area contributed by atoms with Crippen LogP contribution in [0.4, 0.5) is 0 Å². The van der Waals surface area contributed by atoms with E-state index in [0.29, 0.717) is 31.2 Å². The lowest BCUT2D eigenvalue weighted by molar-refractivity contribution is -0.142. The van der Waals surface area contributed by atoms with E-state index in [1.54, 1.807) is 24.3 Å². The zero-order valence-electron chi connectivity index (χ0n) is 11.2. The van der Waals surface area contributed by atoms with Crippen molar-refractivity contribution >= 4 is 11.9 Å². The molecular weight excluding hydrogens is 258 g/mol. The molecule has 0 aliphatic heterocycles.